The molecule has 2 rings (SSSR count). The molecule has 0 spiro atoms. The van der Waals surface area contributed by atoms with Crippen LogP contribution in [0.1, 0.15) is 43.4 Å². The van der Waals surface area contributed by atoms with Crippen LogP contribution in [-0.4, -0.2) is 53.1 Å². The topological polar surface area (TPSA) is 51.4 Å². The predicted octanol–water partition coefficient (Wildman–Crippen LogP) is 3.57. The second-order valence-electron chi connectivity index (χ2n) is 7.98. The maximum Gasteiger partial charge on any atom is 0.253 e. The van der Waals surface area contributed by atoms with Crippen molar-refractivity contribution >= 4 is 28.2 Å². The zero-order chi connectivity index (χ0) is 20.8. The molecule has 0 radical (unpaired) electrons. The van der Waals surface area contributed by atoms with Gasteiger partial charge in [-0.15, -0.1) is 0 Å². The minimum absolute atomic E-state index is 0.0419. The minimum Gasteiger partial charge on any atom is -0.360 e. The molecular weight excluding hydrogens is 368 g/mol. The van der Waals surface area contributed by atoms with Crippen molar-refractivity contribution in [2.24, 2.45) is 0 Å². The Morgan fingerprint density at radius 1 is 1.18 bits per heavy atom. The van der Waals surface area contributed by atoms with Crippen molar-refractivity contribution in [3.63, 3.8) is 0 Å². The highest BCUT2D eigenvalue weighted by molar-refractivity contribution is 7.80. The standard InChI is InChI=1S/C22H34N4OS/c1-7-17(4)23-22(28)26(10-8-9-25(5)6)14-19-13-18-11-15(2)16(3)12-20(18)24-21(19)27/h11-13,17H,7-10,14H2,1-6H3,(H,23,28)(H,24,27). The van der Waals surface area contributed by atoms with Crippen molar-refractivity contribution in [3.05, 3.63) is 45.2 Å². The van der Waals surface area contributed by atoms with Gasteiger partial charge in [-0.05, 0) is 101 Å². The molecular formula is C22H34N4OS. The molecule has 28 heavy (non-hydrogen) atoms. The van der Waals surface area contributed by atoms with Crippen molar-refractivity contribution in [2.75, 3.05) is 27.2 Å². The van der Waals surface area contributed by atoms with E-state index in [1.807, 2.05) is 12.1 Å². The summed E-state index contributed by atoms with van der Waals surface area (Å²) in [6.45, 7) is 10.7. The number of aromatic nitrogens is 1. The van der Waals surface area contributed by atoms with Crippen LogP contribution in [0.25, 0.3) is 10.9 Å². The maximum atomic E-state index is 12.7. The smallest absolute Gasteiger partial charge is 0.253 e. The summed E-state index contributed by atoms with van der Waals surface area (Å²) in [7, 11) is 4.14. The van der Waals surface area contributed by atoms with E-state index in [0.29, 0.717) is 17.7 Å². The molecule has 1 atom stereocenters. The van der Waals surface area contributed by atoms with Gasteiger partial charge in [-0.1, -0.05) is 6.92 Å². The number of aryl methyl sites for hydroxylation is 2. The van der Waals surface area contributed by atoms with E-state index >= 15 is 0 Å². The molecule has 0 fully saturated rings. The van der Waals surface area contributed by atoms with E-state index in [2.05, 4.69) is 68.0 Å². The van der Waals surface area contributed by atoms with E-state index < -0.39 is 0 Å². The fraction of sp³-hybridized carbons (Fsp3) is 0.545. The summed E-state index contributed by atoms with van der Waals surface area (Å²) in [4.78, 5) is 20.0. The molecule has 0 aliphatic rings. The Morgan fingerprint density at radius 2 is 1.86 bits per heavy atom. The zero-order valence-corrected chi connectivity index (χ0v) is 18.9. The van der Waals surface area contributed by atoms with Gasteiger partial charge in [0.2, 0.25) is 0 Å². The average molecular weight is 403 g/mol. The average Bonchev–Trinajstić information content (AvgIpc) is 2.62. The predicted molar refractivity (Wildman–Crippen MR) is 123 cm³/mol. The van der Waals surface area contributed by atoms with Crippen molar-refractivity contribution in [1.82, 2.24) is 20.1 Å². The number of H-pyrrole nitrogens is 1. The van der Waals surface area contributed by atoms with Crippen molar-refractivity contribution in [3.8, 4) is 0 Å². The van der Waals surface area contributed by atoms with E-state index in [0.717, 1.165) is 42.4 Å². The number of pyridine rings is 1. The number of rotatable bonds is 8. The molecule has 6 heteroatoms. The van der Waals surface area contributed by atoms with Gasteiger partial charge in [0, 0.05) is 23.7 Å². The molecule has 0 amide bonds. The minimum atomic E-state index is -0.0419. The van der Waals surface area contributed by atoms with Gasteiger partial charge in [-0.2, -0.15) is 0 Å². The number of thiocarbonyl (C=S) groups is 1. The number of nitrogens with zero attached hydrogens (tertiary/aromatic N) is 2. The summed E-state index contributed by atoms with van der Waals surface area (Å²) in [5.41, 5.74) is 3.99. The molecule has 1 heterocycles. The monoisotopic (exact) mass is 402 g/mol. The van der Waals surface area contributed by atoms with Gasteiger partial charge in [0.1, 0.15) is 0 Å². The van der Waals surface area contributed by atoms with E-state index in [4.69, 9.17) is 12.2 Å². The number of benzene rings is 1. The number of hydrogen-bond acceptors (Lipinski definition) is 3. The summed E-state index contributed by atoms with van der Waals surface area (Å²) in [5.74, 6) is 0. The lowest BCUT2D eigenvalue weighted by molar-refractivity contribution is 0.338. The second kappa shape index (κ2) is 10.0. The van der Waals surface area contributed by atoms with E-state index in [1.165, 1.54) is 11.1 Å². The van der Waals surface area contributed by atoms with Crippen LogP contribution >= 0.6 is 12.2 Å². The summed E-state index contributed by atoms with van der Waals surface area (Å²) in [5, 5.41) is 5.17. The van der Waals surface area contributed by atoms with Crippen LogP contribution in [0.2, 0.25) is 0 Å². The lowest BCUT2D eigenvalue weighted by Gasteiger charge is -2.28. The Hall–Kier alpha value is -1.92. The molecule has 1 aromatic heterocycles. The first-order valence-corrected chi connectivity index (χ1v) is 10.5. The first-order chi connectivity index (χ1) is 13.2. The van der Waals surface area contributed by atoms with Crippen LogP contribution in [0, 0.1) is 13.8 Å². The number of aromatic amines is 1. The fourth-order valence-corrected chi connectivity index (χ4v) is 3.44. The summed E-state index contributed by atoms with van der Waals surface area (Å²) in [6, 6.07) is 6.49. The van der Waals surface area contributed by atoms with Gasteiger partial charge >= 0.3 is 0 Å². The lowest BCUT2D eigenvalue weighted by Crippen LogP contribution is -2.44. The van der Waals surface area contributed by atoms with Crippen LogP contribution in [0.3, 0.4) is 0 Å². The molecule has 2 aromatic rings. The molecule has 0 aliphatic carbocycles. The summed E-state index contributed by atoms with van der Waals surface area (Å²) < 4.78 is 0. The molecule has 5 nitrogen and oxygen atoms in total. The van der Waals surface area contributed by atoms with Gasteiger partial charge < -0.3 is 20.1 Å². The number of hydrogen-bond donors (Lipinski definition) is 2. The first kappa shape index (κ1) is 22.4. The number of fused-ring (bicyclic) bond motifs is 1. The highest BCUT2D eigenvalue weighted by Gasteiger charge is 2.15. The van der Waals surface area contributed by atoms with Crippen molar-refractivity contribution < 1.29 is 0 Å². The van der Waals surface area contributed by atoms with E-state index in [1.54, 1.807) is 0 Å². The molecule has 154 valence electrons. The lowest BCUT2D eigenvalue weighted by atomic mass is 10.0. The van der Waals surface area contributed by atoms with Crippen LogP contribution in [-0.2, 0) is 6.54 Å². The quantitative estimate of drug-likeness (QED) is 0.661. The third-order valence-electron chi connectivity index (χ3n) is 5.20. The maximum absolute atomic E-state index is 12.7. The summed E-state index contributed by atoms with van der Waals surface area (Å²) in [6.07, 6.45) is 1.99. The van der Waals surface area contributed by atoms with Gasteiger partial charge in [0.15, 0.2) is 5.11 Å². The van der Waals surface area contributed by atoms with Crippen molar-refractivity contribution in [2.45, 2.75) is 53.1 Å². The summed E-state index contributed by atoms with van der Waals surface area (Å²) >= 11 is 5.66. The Bertz CT molecular complexity index is 875. The van der Waals surface area contributed by atoms with Crippen LogP contribution in [0.5, 0.6) is 0 Å². The third-order valence-corrected chi connectivity index (χ3v) is 5.58. The Kier molecular flexibility index (Phi) is 8.01. The molecule has 2 N–H and O–H groups in total. The highest BCUT2D eigenvalue weighted by atomic mass is 32.1. The SMILES string of the molecule is CCC(C)NC(=S)N(CCCN(C)C)Cc1cc2cc(C)c(C)cc2[nH]c1=O. The van der Waals surface area contributed by atoms with Gasteiger partial charge in [-0.3, -0.25) is 4.79 Å². The highest BCUT2D eigenvalue weighted by Crippen LogP contribution is 2.18. The van der Waals surface area contributed by atoms with Crippen molar-refractivity contribution in [1.29, 1.82) is 0 Å². The van der Waals surface area contributed by atoms with Crippen LogP contribution < -0.4 is 10.9 Å². The van der Waals surface area contributed by atoms with Crippen LogP contribution in [0.4, 0.5) is 0 Å². The van der Waals surface area contributed by atoms with Gasteiger partial charge in [0.05, 0.1) is 6.54 Å². The second-order valence-corrected chi connectivity index (χ2v) is 8.37. The zero-order valence-electron chi connectivity index (χ0n) is 18.1. The molecule has 1 unspecified atom stereocenters. The first-order valence-electron chi connectivity index (χ1n) is 10.0. The fourth-order valence-electron chi connectivity index (χ4n) is 3.08. The molecule has 1 aromatic carbocycles. The van der Waals surface area contributed by atoms with Crippen LogP contribution in [0.15, 0.2) is 23.0 Å². The van der Waals surface area contributed by atoms with Gasteiger partial charge in [-0.25, -0.2) is 0 Å². The Labute approximate surface area is 174 Å². The molecule has 0 bridgehead atoms. The molecule has 0 aliphatic heterocycles. The van der Waals surface area contributed by atoms with E-state index in [-0.39, 0.29) is 5.56 Å². The number of nitrogens with one attached hydrogen (secondary N) is 2. The molecule has 0 saturated heterocycles. The normalized spacial score (nSPS) is 12.4. The molecule has 0 saturated carbocycles. The van der Waals surface area contributed by atoms with E-state index in [9.17, 15) is 4.79 Å². The van der Waals surface area contributed by atoms with Gasteiger partial charge in [0.25, 0.3) is 5.56 Å². The third kappa shape index (κ3) is 6.04. The Morgan fingerprint density at radius 3 is 2.50 bits per heavy atom. The largest absolute Gasteiger partial charge is 0.360 e. The Balaban J connectivity index is 2.28.